The number of benzene rings is 2. The first-order chi connectivity index (χ1) is 10.8. The molecule has 1 fully saturated rings. The molecule has 3 heteroatoms. The standard InChI is InChI=1S/C19H20FNO/c20-18-11-9-17(10-12-18)19(13-15-7-4-8-15)21-22-14-16-5-2-1-3-6-16/h1-3,5-6,9-12,15H,4,7-8,13-14H2. The maximum absolute atomic E-state index is 13.1. The lowest BCUT2D eigenvalue weighted by Gasteiger charge is -2.25. The highest BCUT2D eigenvalue weighted by Gasteiger charge is 2.20. The number of hydrogen-bond acceptors (Lipinski definition) is 2. The van der Waals surface area contributed by atoms with E-state index in [0.717, 1.165) is 23.3 Å². The van der Waals surface area contributed by atoms with Gasteiger partial charge in [0.25, 0.3) is 0 Å². The van der Waals surface area contributed by atoms with Crippen LogP contribution in [0.25, 0.3) is 0 Å². The minimum Gasteiger partial charge on any atom is -0.391 e. The Morgan fingerprint density at radius 1 is 1.05 bits per heavy atom. The second-order valence-corrected chi connectivity index (χ2v) is 5.80. The molecule has 0 aliphatic heterocycles. The molecule has 3 rings (SSSR count). The van der Waals surface area contributed by atoms with Crippen molar-refractivity contribution in [2.75, 3.05) is 0 Å². The first-order valence-electron chi connectivity index (χ1n) is 7.80. The number of rotatable bonds is 6. The molecule has 0 aromatic heterocycles. The summed E-state index contributed by atoms with van der Waals surface area (Å²) in [4.78, 5) is 5.53. The Morgan fingerprint density at radius 2 is 1.77 bits per heavy atom. The van der Waals surface area contributed by atoms with Gasteiger partial charge in [0, 0.05) is 0 Å². The van der Waals surface area contributed by atoms with Crippen molar-refractivity contribution in [2.24, 2.45) is 11.1 Å². The van der Waals surface area contributed by atoms with Gasteiger partial charge in [-0.2, -0.15) is 0 Å². The number of halogens is 1. The predicted molar refractivity (Wildman–Crippen MR) is 86.1 cm³/mol. The van der Waals surface area contributed by atoms with E-state index in [9.17, 15) is 4.39 Å². The van der Waals surface area contributed by atoms with Crippen molar-refractivity contribution < 1.29 is 9.23 Å². The Balaban J connectivity index is 1.69. The normalized spacial score (nSPS) is 15.4. The molecule has 0 saturated heterocycles. The largest absolute Gasteiger partial charge is 0.391 e. The maximum atomic E-state index is 13.1. The van der Waals surface area contributed by atoms with Gasteiger partial charge in [0.2, 0.25) is 0 Å². The Hall–Kier alpha value is -2.16. The lowest BCUT2D eigenvalue weighted by molar-refractivity contribution is 0.129. The smallest absolute Gasteiger partial charge is 0.142 e. The van der Waals surface area contributed by atoms with Gasteiger partial charge in [0.1, 0.15) is 12.4 Å². The average Bonchev–Trinajstić information content (AvgIpc) is 2.51. The van der Waals surface area contributed by atoms with Gasteiger partial charge in [-0.1, -0.05) is 66.9 Å². The van der Waals surface area contributed by atoms with Gasteiger partial charge in [-0.05, 0) is 35.6 Å². The van der Waals surface area contributed by atoms with E-state index in [2.05, 4.69) is 5.16 Å². The van der Waals surface area contributed by atoms with Crippen LogP contribution in [-0.2, 0) is 11.4 Å². The molecule has 0 spiro atoms. The van der Waals surface area contributed by atoms with Crippen LogP contribution < -0.4 is 0 Å². The Morgan fingerprint density at radius 3 is 2.41 bits per heavy atom. The molecule has 0 atom stereocenters. The van der Waals surface area contributed by atoms with Gasteiger partial charge in [-0.25, -0.2) is 4.39 Å². The van der Waals surface area contributed by atoms with Gasteiger partial charge in [-0.3, -0.25) is 0 Å². The van der Waals surface area contributed by atoms with Crippen molar-refractivity contribution in [1.82, 2.24) is 0 Å². The molecular weight excluding hydrogens is 277 g/mol. The van der Waals surface area contributed by atoms with Crippen LogP contribution in [0.1, 0.15) is 36.8 Å². The first-order valence-corrected chi connectivity index (χ1v) is 7.80. The van der Waals surface area contributed by atoms with Crippen LogP contribution in [0.3, 0.4) is 0 Å². The summed E-state index contributed by atoms with van der Waals surface area (Å²) in [5.41, 5.74) is 2.95. The van der Waals surface area contributed by atoms with E-state index in [-0.39, 0.29) is 5.82 Å². The molecule has 0 bridgehead atoms. The highest BCUT2D eigenvalue weighted by Crippen LogP contribution is 2.31. The molecular formula is C19H20FNO. The summed E-state index contributed by atoms with van der Waals surface area (Å²) in [5.74, 6) is 0.459. The molecule has 0 radical (unpaired) electrons. The number of hydrogen-bond donors (Lipinski definition) is 0. The minimum atomic E-state index is -0.225. The molecule has 0 amide bonds. The molecule has 0 unspecified atom stereocenters. The fourth-order valence-corrected chi connectivity index (χ4v) is 2.58. The number of oxime groups is 1. The second-order valence-electron chi connectivity index (χ2n) is 5.80. The fraction of sp³-hybridized carbons (Fsp3) is 0.316. The van der Waals surface area contributed by atoms with Gasteiger partial charge in [0.15, 0.2) is 0 Å². The maximum Gasteiger partial charge on any atom is 0.142 e. The summed E-state index contributed by atoms with van der Waals surface area (Å²) in [6, 6.07) is 16.5. The van der Waals surface area contributed by atoms with Crippen LogP contribution in [0.15, 0.2) is 59.8 Å². The summed E-state index contributed by atoms with van der Waals surface area (Å²) in [5, 5.41) is 4.33. The fourth-order valence-electron chi connectivity index (χ4n) is 2.58. The highest BCUT2D eigenvalue weighted by atomic mass is 19.1. The Labute approximate surface area is 130 Å². The van der Waals surface area contributed by atoms with E-state index in [1.807, 2.05) is 30.3 Å². The third-order valence-electron chi connectivity index (χ3n) is 4.13. The Kier molecular flexibility index (Phi) is 4.84. The lowest BCUT2D eigenvalue weighted by atomic mass is 9.80. The topological polar surface area (TPSA) is 21.6 Å². The van der Waals surface area contributed by atoms with Crippen molar-refractivity contribution in [2.45, 2.75) is 32.3 Å². The summed E-state index contributed by atoms with van der Waals surface area (Å²) in [6.07, 6.45) is 4.70. The predicted octanol–water partition coefficient (Wildman–Crippen LogP) is 4.94. The molecule has 22 heavy (non-hydrogen) atoms. The summed E-state index contributed by atoms with van der Waals surface area (Å²) in [7, 11) is 0. The number of nitrogens with zero attached hydrogens (tertiary/aromatic N) is 1. The van der Waals surface area contributed by atoms with E-state index in [1.165, 1.54) is 31.4 Å². The third kappa shape index (κ3) is 3.94. The summed E-state index contributed by atoms with van der Waals surface area (Å²) < 4.78 is 13.1. The van der Waals surface area contributed by atoms with E-state index in [4.69, 9.17) is 4.84 Å². The van der Waals surface area contributed by atoms with Crippen LogP contribution in [0.5, 0.6) is 0 Å². The molecule has 2 nitrogen and oxygen atoms in total. The van der Waals surface area contributed by atoms with E-state index >= 15 is 0 Å². The van der Waals surface area contributed by atoms with E-state index in [1.54, 1.807) is 12.1 Å². The van der Waals surface area contributed by atoms with Gasteiger partial charge in [-0.15, -0.1) is 0 Å². The zero-order valence-corrected chi connectivity index (χ0v) is 12.5. The van der Waals surface area contributed by atoms with Crippen molar-refractivity contribution >= 4 is 5.71 Å². The van der Waals surface area contributed by atoms with Crippen LogP contribution in [0.2, 0.25) is 0 Å². The molecule has 2 aromatic rings. The SMILES string of the molecule is Fc1ccc(C(CC2CCC2)=NOCc2ccccc2)cc1. The van der Waals surface area contributed by atoms with E-state index < -0.39 is 0 Å². The van der Waals surface area contributed by atoms with E-state index in [0.29, 0.717) is 12.5 Å². The molecule has 0 N–H and O–H groups in total. The average molecular weight is 297 g/mol. The molecule has 1 saturated carbocycles. The summed E-state index contributed by atoms with van der Waals surface area (Å²) in [6.45, 7) is 0.455. The van der Waals surface area contributed by atoms with Crippen LogP contribution in [0.4, 0.5) is 4.39 Å². The monoisotopic (exact) mass is 297 g/mol. The zero-order chi connectivity index (χ0) is 15.2. The van der Waals surface area contributed by atoms with Crippen molar-refractivity contribution in [1.29, 1.82) is 0 Å². The second kappa shape index (κ2) is 7.21. The van der Waals surface area contributed by atoms with Crippen molar-refractivity contribution in [3.05, 3.63) is 71.5 Å². The van der Waals surface area contributed by atoms with Crippen molar-refractivity contribution in [3.8, 4) is 0 Å². The molecule has 1 aliphatic rings. The van der Waals surface area contributed by atoms with Gasteiger partial charge < -0.3 is 4.84 Å². The molecule has 114 valence electrons. The van der Waals surface area contributed by atoms with Crippen molar-refractivity contribution in [3.63, 3.8) is 0 Å². The third-order valence-corrected chi connectivity index (χ3v) is 4.13. The van der Waals surface area contributed by atoms with Gasteiger partial charge in [0.05, 0.1) is 5.71 Å². The zero-order valence-electron chi connectivity index (χ0n) is 12.5. The Bertz CT molecular complexity index is 618. The van der Waals surface area contributed by atoms with Gasteiger partial charge >= 0.3 is 0 Å². The van der Waals surface area contributed by atoms with Crippen LogP contribution >= 0.6 is 0 Å². The highest BCUT2D eigenvalue weighted by molar-refractivity contribution is 6.00. The first kappa shape index (κ1) is 14.8. The lowest BCUT2D eigenvalue weighted by Crippen LogP contribution is -2.17. The minimum absolute atomic E-state index is 0.225. The van der Waals surface area contributed by atoms with Crippen LogP contribution in [-0.4, -0.2) is 5.71 Å². The quantitative estimate of drug-likeness (QED) is 0.547. The molecule has 2 aromatic carbocycles. The molecule has 0 heterocycles. The summed E-state index contributed by atoms with van der Waals surface area (Å²) >= 11 is 0. The van der Waals surface area contributed by atoms with Crippen LogP contribution in [0, 0.1) is 11.7 Å². The molecule has 1 aliphatic carbocycles.